The molecular weight excluding hydrogens is 412 g/mol. The molecule has 0 spiro atoms. The molecule has 2 heteroatoms. The van der Waals surface area contributed by atoms with Gasteiger partial charge >= 0.3 is 0 Å². The van der Waals surface area contributed by atoms with E-state index in [0.717, 1.165) is 10.9 Å². The highest BCUT2D eigenvalue weighted by Gasteiger charge is 2.11. The van der Waals surface area contributed by atoms with Gasteiger partial charge in [0, 0.05) is 28.9 Å². The fraction of sp³-hybridized carbons (Fsp3) is 0.0312. The molecule has 0 N–H and O–H groups in total. The molecule has 1 aromatic heterocycles. The van der Waals surface area contributed by atoms with Crippen LogP contribution in [0, 0.1) is 11.3 Å². The Morgan fingerprint density at radius 3 is 1.71 bits per heavy atom. The zero-order valence-electron chi connectivity index (χ0n) is 18.9. The lowest BCUT2D eigenvalue weighted by molar-refractivity contribution is 1.01. The summed E-state index contributed by atoms with van der Waals surface area (Å²) in [5.41, 5.74) is 10.2. The zero-order chi connectivity index (χ0) is 23.1. The third kappa shape index (κ3) is 3.36. The van der Waals surface area contributed by atoms with Gasteiger partial charge in [-0.1, -0.05) is 78.9 Å². The quantitative estimate of drug-likeness (QED) is 0.276. The summed E-state index contributed by atoms with van der Waals surface area (Å²) < 4.78 is 2.19. The maximum absolute atomic E-state index is 9.37. The normalized spacial score (nSPS) is 11.1. The summed E-state index contributed by atoms with van der Waals surface area (Å²) in [7, 11) is 2.08. The Labute approximate surface area is 199 Å². The first-order valence-electron chi connectivity index (χ1n) is 11.4. The lowest BCUT2D eigenvalue weighted by Gasteiger charge is -2.08. The first-order valence-corrected chi connectivity index (χ1v) is 11.4. The summed E-state index contributed by atoms with van der Waals surface area (Å²) in [4.78, 5) is 0. The molecule has 0 fully saturated rings. The van der Waals surface area contributed by atoms with E-state index in [-0.39, 0.29) is 0 Å². The van der Waals surface area contributed by atoms with E-state index in [1.165, 1.54) is 44.3 Å². The number of nitriles is 1. The van der Waals surface area contributed by atoms with E-state index >= 15 is 0 Å². The highest BCUT2D eigenvalue weighted by molar-refractivity contribution is 6.09. The van der Waals surface area contributed by atoms with E-state index < -0.39 is 0 Å². The van der Waals surface area contributed by atoms with Crippen LogP contribution in [0.2, 0.25) is 0 Å². The number of nitrogens with zero attached hydrogens (tertiary/aromatic N) is 2. The van der Waals surface area contributed by atoms with Crippen LogP contribution in [0.1, 0.15) is 5.56 Å². The van der Waals surface area contributed by atoms with E-state index in [2.05, 4.69) is 109 Å². The third-order valence-electron chi connectivity index (χ3n) is 6.66. The van der Waals surface area contributed by atoms with Gasteiger partial charge in [-0.15, -0.1) is 0 Å². The van der Waals surface area contributed by atoms with Crippen molar-refractivity contribution in [2.75, 3.05) is 0 Å². The predicted molar refractivity (Wildman–Crippen MR) is 141 cm³/mol. The van der Waals surface area contributed by atoms with Gasteiger partial charge in [0.1, 0.15) is 0 Å². The molecule has 160 valence electrons. The van der Waals surface area contributed by atoms with Gasteiger partial charge in [0.15, 0.2) is 0 Å². The third-order valence-corrected chi connectivity index (χ3v) is 6.66. The van der Waals surface area contributed by atoms with Crippen molar-refractivity contribution in [3.8, 4) is 39.4 Å². The first-order chi connectivity index (χ1) is 16.7. The Bertz CT molecular complexity index is 1700. The lowest BCUT2D eigenvalue weighted by atomic mass is 9.96. The predicted octanol–water partition coefficient (Wildman–Crippen LogP) is 8.20. The van der Waals surface area contributed by atoms with Crippen LogP contribution in [0.15, 0.2) is 115 Å². The number of fused-ring (bicyclic) bond motifs is 3. The molecule has 0 bridgehead atoms. The Balaban J connectivity index is 1.41. The SMILES string of the molecule is Cn1c2ccc(C#N)cc2c2cc(-c3cccc(-c4ccc(-c5ccccc5)cc4)c3)ccc21. The Morgan fingerprint density at radius 1 is 0.500 bits per heavy atom. The first kappa shape index (κ1) is 20.0. The molecule has 0 aliphatic carbocycles. The van der Waals surface area contributed by atoms with E-state index in [1.54, 1.807) is 0 Å². The van der Waals surface area contributed by atoms with Gasteiger partial charge < -0.3 is 4.57 Å². The molecule has 0 aliphatic heterocycles. The van der Waals surface area contributed by atoms with Crippen molar-refractivity contribution in [3.63, 3.8) is 0 Å². The molecule has 0 atom stereocenters. The number of rotatable bonds is 3. The van der Waals surface area contributed by atoms with Gasteiger partial charge in [0.05, 0.1) is 11.6 Å². The lowest BCUT2D eigenvalue weighted by Crippen LogP contribution is -1.86. The minimum absolute atomic E-state index is 0.686. The summed E-state index contributed by atoms with van der Waals surface area (Å²) in [6, 6.07) is 42.7. The highest BCUT2D eigenvalue weighted by atomic mass is 14.9. The van der Waals surface area contributed by atoms with Crippen LogP contribution in [0.5, 0.6) is 0 Å². The number of aromatic nitrogens is 1. The van der Waals surface area contributed by atoms with Crippen LogP contribution in [-0.2, 0) is 7.05 Å². The summed E-state index contributed by atoms with van der Waals surface area (Å²) in [5, 5.41) is 11.7. The van der Waals surface area contributed by atoms with E-state index in [0.29, 0.717) is 5.56 Å². The maximum atomic E-state index is 9.37. The molecule has 0 unspecified atom stereocenters. The van der Waals surface area contributed by atoms with Crippen molar-refractivity contribution in [2.45, 2.75) is 0 Å². The molecule has 1 heterocycles. The molecule has 2 nitrogen and oxygen atoms in total. The van der Waals surface area contributed by atoms with E-state index in [4.69, 9.17) is 0 Å². The molecule has 6 aromatic rings. The smallest absolute Gasteiger partial charge is 0.0991 e. The van der Waals surface area contributed by atoms with Gasteiger partial charge in [-0.2, -0.15) is 5.26 Å². The number of hydrogen-bond donors (Lipinski definition) is 0. The van der Waals surface area contributed by atoms with E-state index in [9.17, 15) is 5.26 Å². The molecule has 0 saturated heterocycles. The average Bonchev–Trinajstić information content (AvgIpc) is 3.20. The number of hydrogen-bond acceptors (Lipinski definition) is 1. The van der Waals surface area contributed by atoms with E-state index in [1.807, 2.05) is 24.3 Å². The van der Waals surface area contributed by atoms with Crippen LogP contribution in [0.3, 0.4) is 0 Å². The second-order valence-electron chi connectivity index (χ2n) is 8.66. The zero-order valence-corrected chi connectivity index (χ0v) is 18.9. The number of benzene rings is 5. The average molecular weight is 435 g/mol. The van der Waals surface area contributed by atoms with Crippen LogP contribution >= 0.6 is 0 Å². The molecule has 0 aliphatic rings. The fourth-order valence-corrected chi connectivity index (χ4v) is 4.83. The second kappa shape index (κ2) is 8.06. The van der Waals surface area contributed by atoms with Crippen LogP contribution < -0.4 is 0 Å². The number of aryl methyl sites for hydroxylation is 1. The van der Waals surface area contributed by atoms with Crippen molar-refractivity contribution in [1.29, 1.82) is 5.26 Å². The van der Waals surface area contributed by atoms with Crippen LogP contribution in [0.25, 0.3) is 55.2 Å². The standard InChI is InChI=1S/C32H22N2/c1-34-31-16-10-22(21-33)18-29(31)30-20-28(15-17-32(30)34)27-9-5-8-26(19-27)25-13-11-24(12-14-25)23-6-3-2-4-7-23/h2-20H,1H3. The molecular formula is C32H22N2. The van der Waals surface area contributed by atoms with Crippen molar-refractivity contribution in [1.82, 2.24) is 4.57 Å². The Kier molecular flexibility index (Phi) is 4.75. The molecule has 0 radical (unpaired) electrons. The van der Waals surface area contributed by atoms with Crippen molar-refractivity contribution < 1.29 is 0 Å². The van der Waals surface area contributed by atoms with Crippen LogP contribution in [-0.4, -0.2) is 4.57 Å². The fourth-order valence-electron chi connectivity index (χ4n) is 4.83. The molecule has 5 aromatic carbocycles. The molecule has 0 amide bonds. The van der Waals surface area contributed by atoms with Crippen molar-refractivity contribution >= 4 is 21.8 Å². The second-order valence-corrected chi connectivity index (χ2v) is 8.66. The molecule has 0 saturated carbocycles. The van der Waals surface area contributed by atoms with Crippen molar-refractivity contribution in [3.05, 3.63) is 121 Å². The molecule has 6 rings (SSSR count). The highest BCUT2D eigenvalue weighted by Crippen LogP contribution is 2.34. The summed E-state index contributed by atoms with van der Waals surface area (Å²) in [5.74, 6) is 0. The summed E-state index contributed by atoms with van der Waals surface area (Å²) >= 11 is 0. The monoisotopic (exact) mass is 434 g/mol. The van der Waals surface area contributed by atoms with Gasteiger partial charge in [0.25, 0.3) is 0 Å². The van der Waals surface area contributed by atoms with Gasteiger partial charge in [-0.3, -0.25) is 0 Å². The Morgan fingerprint density at radius 2 is 1.00 bits per heavy atom. The molecule has 34 heavy (non-hydrogen) atoms. The van der Waals surface area contributed by atoms with Gasteiger partial charge in [-0.25, -0.2) is 0 Å². The summed E-state index contributed by atoms with van der Waals surface area (Å²) in [6.45, 7) is 0. The minimum atomic E-state index is 0.686. The Hall–Kier alpha value is -4.61. The topological polar surface area (TPSA) is 28.7 Å². The van der Waals surface area contributed by atoms with Gasteiger partial charge in [0.2, 0.25) is 0 Å². The maximum Gasteiger partial charge on any atom is 0.0991 e. The summed E-state index contributed by atoms with van der Waals surface area (Å²) in [6.07, 6.45) is 0. The largest absolute Gasteiger partial charge is 0.344 e. The van der Waals surface area contributed by atoms with Crippen LogP contribution in [0.4, 0.5) is 0 Å². The minimum Gasteiger partial charge on any atom is -0.344 e. The van der Waals surface area contributed by atoms with Gasteiger partial charge in [-0.05, 0) is 69.8 Å². The van der Waals surface area contributed by atoms with Crippen molar-refractivity contribution in [2.24, 2.45) is 7.05 Å².